The predicted molar refractivity (Wildman–Crippen MR) is 66.8 cm³/mol. The first kappa shape index (κ1) is 9.60. The second-order valence-corrected chi connectivity index (χ2v) is 4.88. The van der Waals surface area contributed by atoms with Crippen LogP contribution < -0.4 is 5.32 Å². The molecule has 0 saturated heterocycles. The maximum absolute atomic E-state index is 9.45. The molecule has 2 nitrogen and oxygen atoms in total. The highest BCUT2D eigenvalue weighted by Gasteiger charge is 2.22. The molecule has 0 spiro atoms. The maximum atomic E-state index is 9.45. The number of anilines is 1. The van der Waals surface area contributed by atoms with Crippen LogP contribution in [0.5, 0.6) is 5.75 Å². The van der Waals surface area contributed by atoms with Crippen LogP contribution in [-0.4, -0.2) is 5.11 Å². The molecule has 1 heterocycles. The van der Waals surface area contributed by atoms with E-state index in [9.17, 15) is 5.11 Å². The van der Waals surface area contributed by atoms with E-state index in [4.69, 9.17) is 0 Å². The molecule has 2 aromatic carbocycles. The van der Waals surface area contributed by atoms with Crippen molar-refractivity contribution in [3.05, 3.63) is 54.1 Å². The Bertz CT molecular complexity index is 502. The lowest BCUT2D eigenvalue weighted by molar-refractivity contribution is 0.474. The summed E-state index contributed by atoms with van der Waals surface area (Å²) in [7, 11) is 0. The van der Waals surface area contributed by atoms with E-state index >= 15 is 0 Å². The lowest BCUT2D eigenvalue weighted by atomic mass is 10.2. The van der Waals surface area contributed by atoms with Crippen molar-refractivity contribution in [2.45, 2.75) is 10.3 Å². The van der Waals surface area contributed by atoms with Crippen LogP contribution in [-0.2, 0) is 0 Å². The van der Waals surface area contributed by atoms with E-state index in [1.807, 2.05) is 24.3 Å². The summed E-state index contributed by atoms with van der Waals surface area (Å²) in [4.78, 5) is 1.26. The topological polar surface area (TPSA) is 32.3 Å². The van der Waals surface area contributed by atoms with E-state index in [0.717, 1.165) is 5.56 Å². The van der Waals surface area contributed by atoms with E-state index < -0.39 is 0 Å². The van der Waals surface area contributed by atoms with Crippen LogP contribution >= 0.6 is 11.8 Å². The first-order valence-corrected chi connectivity index (χ1v) is 6.02. The molecule has 2 aromatic rings. The summed E-state index contributed by atoms with van der Waals surface area (Å²) >= 11 is 1.78. The molecule has 16 heavy (non-hydrogen) atoms. The fourth-order valence-electron chi connectivity index (χ4n) is 1.83. The molecule has 0 bridgehead atoms. The number of phenolic OH excluding ortho intramolecular Hbond substituents is 1. The average Bonchev–Trinajstić information content (AvgIpc) is 2.72. The van der Waals surface area contributed by atoms with Crippen molar-refractivity contribution in [2.75, 3.05) is 5.32 Å². The van der Waals surface area contributed by atoms with Crippen molar-refractivity contribution >= 4 is 17.4 Å². The number of fused-ring (bicyclic) bond motifs is 1. The van der Waals surface area contributed by atoms with Crippen LogP contribution in [0, 0.1) is 0 Å². The van der Waals surface area contributed by atoms with Gasteiger partial charge in [0.05, 0.1) is 0 Å². The fraction of sp³-hybridized carbons (Fsp3) is 0.0769. The number of nitrogens with one attached hydrogen (secondary N) is 1. The van der Waals surface area contributed by atoms with E-state index in [0.29, 0.717) is 5.75 Å². The summed E-state index contributed by atoms with van der Waals surface area (Å²) in [6.45, 7) is 0. The molecule has 0 saturated carbocycles. The Balaban J connectivity index is 1.91. The zero-order valence-electron chi connectivity index (χ0n) is 8.55. The van der Waals surface area contributed by atoms with Gasteiger partial charge in [0, 0.05) is 10.6 Å². The fourth-order valence-corrected chi connectivity index (χ4v) is 2.96. The number of benzene rings is 2. The SMILES string of the molecule is Oc1cccc([C@@H]2Nc3ccccc3S2)c1. The molecule has 1 aliphatic rings. The average molecular weight is 229 g/mol. The van der Waals surface area contributed by atoms with Crippen molar-refractivity contribution in [2.24, 2.45) is 0 Å². The molecule has 0 radical (unpaired) electrons. The van der Waals surface area contributed by atoms with Gasteiger partial charge < -0.3 is 10.4 Å². The molecular weight excluding hydrogens is 218 g/mol. The van der Waals surface area contributed by atoms with Gasteiger partial charge in [-0.05, 0) is 29.8 Å². The number of hydrogen-bond donors (Lipinski definition) is 2. The summed E-state index contributed by atoms with van der Waals surface area (Å²) in [5.74, 6) is 0.316. The van der Waals surface area contributed by atoms with Gasteiger partial charge >= 0.3 is 0 Å². The second kappa shape index (κ2) is 3.76. The molecule has 1 aliphatic heterocycles. The van der Waals surface area contributed by atoms with Crippen molar-refractivity contribution in [3.63, 3.8) is 0 Å². The number of rotatable bonds is 1. The van der Waals surface area contributed by atoms with Gasteiger partial charge in [-0.25, -0.2) is 0 Å². The minimum Gasteiger partial charge on any atom is -0.508 e. The predicted octanol–water partition coefficient (Wildman–Crippen LogP) is 3.61. The summed E-state index contributed by atoms with van der Waals surface area (Å²) < 4.78 is 0. The van der Waals surface area contributed by atoms with Crippen LogP contribution in [0.2, 0.25) is 0 Å². The van der Waals surface area contributed by atoms with Crippen LogP contribution in [0.3, 0.4) is 0 Å². The van der Waals surface area contributed by atoms with Gasteiger partial charge in [-0.15, -0.1) is 0 Å². The molecule has 3 heteroatoms. The molecule has 2 N–H and O–H groups in total. The Kier molecular flexibility index (Phi) is 2.26. The van der Waals surface area contributed by atoms with Gasteiger partial charge in [-0.1, -0.05) is 36.0 Å². The van der Waals surface area contributed by atoms with Crippen molar-refractivity contribution in [1.82, 2.24) is 0 Å². The number of hydrogen-bond acceptors (Lipinski definition) is 3. The van der Waals surface area contributed by atoms with Gasteiger partial charge in [0.1, 0.15) is 11.1 Å². The lowest BCUT2D eigenvalue weighted by Crippen LogP contribution is -2.00. The molecule has 0 fully saturated rings. The highest BCUT2D eigenvalue weighted by molar-refractivity contribution is 8.00. The molecule has 3 rings (SSSR count). The Labute approximate surface area is 98.3 Å². The molecule has 0 unspecified atom stereocenters. The summed E-state index contributed by atoms with van der Waals surface area (Å²) in [5.41, 5.74) is 2.27. The monoisotopic (exact) mass is 229 g/mol. The standard InChI is InChI=1S/C13H11NOS/c15-10-5-3-4-9(8-10)13-14-11-6-1-2-7-12(11)16-13/h1-8,13-15H/t13-/m1/s1. The normalized spacial score (nSPS) is 17.9. The quantitative estimate of drug-likeness (QED) is 0.783. The summed E-state index contributed by atoms with van der Waals surface area (Å²) in [6.07, 6.45) is 0. The summed E-state index contributed by atoms with van der Waals surface area (Å²) in [5, 5.41) is 13.1. The number of aromatic hydroxyl groups is 1. The van der Waals surface area contributed by atoms with E-state index in [1.54, 1.807) is 23.9 Å². The van der Waals surface area contributed by atoms with Gasteiger partial charge in [-0.2, -0.15) is 0 Å². The minimum atomic E-state index is 0.199. The second-order valence-electron chi connectivity index (χ2n) is 3.73. The molecule has 0 amide bonds. The highest BCUT2D eigenvalue weighted by Crippen LogP contribution is 2.46. The minimum absolute atomic E-state index is 0.199. The third-order valence-corrected chi connectivity index (χ3v) is 3.83. The van der Waals surface area contributed by atoms with E-state index in [-0.39, 0.29) is 5.37 Å². The van der Waals surface area contributed by atoms with Gasteiger partial charge in [0.2, 0.25) is 0 Å². The number of phenols is 1. The first-order valence-electron chi connectivity index (χ1n) is 5.14. The largest absolute Gasteiger partial charge is 0.508 e. The molecule has 0 aromatic heterocycles. The smallest absolute Gasteiger partial charge is 0.115 e. The number of para-hydroxylation sites is 1. The third-order valence-electron chi connectivity index (χ3n) is 2.59. The third kappa shape index (κ3) is 1.63. The zero-order chi connectivity index (χ0) is 11.0. The van der Waals surface area contributed by atoms with Crippen LogP contribution in [0.4, 0.5) is 5.69 Å². The molecule has 0 aliphatic carbocycles. The maximum Gasteiger partial charge on any atom is 0.115 e. The highest BCUT2D eigenvalue weighted by atomic mass is 32.2. The Hall–Kier alpha value is -1.61. The van der Waals surface area contributed by atoms with Gasteiger partial charge in [-0.3, -0.25) is 0 Å². The van der Waals surface area contributed by atoms with Crippen molar-refractivity contribution in [3.8, 4) is 5.75 Å². The Morgan fingerprint density at radius 1 is 1.06 bits per heavy atom. The van der Waals surface area contributed by atoms with Crippen molar-refractivity contribution < 1.29 is 5.11 Å². The molecule has 1 atom stereocenters. The van der Waals surface area contributed by atoms with E-state index in [2.05, 4.69) is 17.4 Å². The Morgan fingerprint density at radius 3 is 2.75 bits per heavy atom. The molecule has 80 valence electrons. The lowest BCUT2D eigenvalue weighted by Gasteiger charge is -2.10. The Morgan fingerprint density at radius 2 is 1.94 bits per heavy atom. The summed E-state index contributed by atoms with van der Waals surface area (Å²) in [6, 6.07) is 15.6. The molecular formula is C13H11NOS. The first-order chi connectivity index (χ1) is 7.83. The van der Waals surface area contributed by atoms with E-state index in [1.165, 1.54) is 10.6 Å². The zero-order valence-corrected chi connectivity index (χ0v) is 9.37. The van der Waals surface area contributed by atoms with Crippen molar-refractivity contribution in [1.29, 1.82) is 0 Å². The number of thioether (sulfide) groups is 1. The van der Waals surface area contributed by atoms with Crippen LogP contribution in [0.15, 0.2) is 53.4 Å². The van der Waals surface area contributed by atoms with Crippen LogP contribution in [0.25, 0.3) is 0 Å². The van der Waals surface area contributed by atoms with Gasteiger partial charge in [0.15, 0.2) is 0 Å². The van der Waals surface area contributed by atoms with Crippen LogP contribution in [0.1, 0.15) is 10.9 Å². The van der Waals surface area contributed by atoms with Gasteiger partial charge in [0.25, 0.3) is 0 Å².